The van der Waals surface area contributed by atoms with Crippen molar-refractivity contribution in [2.75, 3.05) is 0 Å². The van der Waals surface area contributed by atoms with Gasteiger partial charge in [-0.25, -0.2) is 0 Å². The molecular formula is C12H17BO4Pd. The van der Waals surface area contributed by atoms with Gasteiger partial charge in [-0.1, -0.05) is 0 Å². The summed E-state index contributed by atoms with van der Waals surface area (Å²) in [6.07, 6.45) is 1.51. The van der Waals surface area contributed by atoms with Crippen LogP contribution in [0.2, 0.25) is 0 Å². The van der Waals surface area contributed by atoms with E-state index in [2.05, 4.69) is 0 Å². The fraction of sp³-hybridized carbons (Fsp3) is 0.583. The Balaban J connectivity index is 0.00000162. The minimum atomic E-state index is -0.475. The number of carbonyl (C=O) groups excluding carboxylic acids is 1. The predicted molar refractivity (Wildman–Crippen MR) is 64.4 cm³/mol. The molecule has 1 aliphatic rings. The van der Waals surface area contributed by atoms with E-state index >= 15 is 0 Å². The molecule has 0 bridgehead atoms. The number of hydrogen-bond donors (Lipinski definition) is 0. The largest absolute Gasteiger partial charge is 0.498 e. The molecule has 0 saturated carbocycles. The second kappa shape index (κ2) is 4.94. The topological polar surface area (TPSA) is 48.7 Å². The predicted octanol–water partition coefficient (Wildman–Crippen LogP) is 1.78. The van der Waals surface area contributed by atoms with Crippen LogP contribution in [0.25, 0.3) is 0 Å². The maximum atomic E-state index is 11.2. The van der Waals surface area contributed by atoms with Gasteiger partial charge in [-0.05, 0) is 33.8 Å². The van der Waals surface area contributed by atoms with Crippen molar-refractivity contribution in [3.63, 3.8) is 0 Å². The molecule has 6 heteroatoms. The number of Topliss-reactive ketones (excluding diaryl/α,β-unsaturated/α-hetero) is 1. The molecule has 1 aliphatic heterocycles. The van der Waals surface area contributed by atoms with Crippen LogP contribution in [0.5, 0.6) is 0 Å². The molecular weight excluding hydrogens is 325 g/mol. The average molecular weight is 342 g/mol. The van der Waals surface area contributed by atoms with Gasteiger partial charge in [-0.15, -0.1) is 0 Å². The molecule has 1 saturated heterocycles. The fourth-order valence-corrected chi connectivity index (χ4v) is 1.64. The molecule has 4 nitrogen and oxygen atoms in total. The summed E-state index contributed by atoms with van der Waals surface area (Å²) in [4.78, 5) is 11.2. The van der Waals surface area contributed by atoms with Crippen LogP contribution in [0.4, 0.5) is 0 Å². The molecule has 1 aromatic heterocycles. The van der Waals surface area contributed by atoms with Crippen LogP contribution < -0.4 is 5.46 Å². The Labute approximate surface area is 121 Å². The molecule has 102 valence electrons. The third-order valence-electron chi connectivity index (χ3n) is 3.49. The van der Waals surface area contributed by atoms with Crippen molar-refractivity contribution in [2.24, 2.45) is 0 Å². The Morgan fingerprint density at radius 3 is 2.06 bits per heavy atom. The fourth-order valence-electron chi connectivity index (χ4n) is 1.64. The summed E-state index contributed by atoms with van der Waals surface area (Å²) < 4.78 is 16.9. The van der Waals surface area contributed by atoms with Crippen molar-refractivity contribution in [1.29, 1.82) is 0 Å². The number of carbonyl (C=O) groups is 1. The number of furan rings is 1. The molecule has 2 heterocycles. The van der Waals surface area contributed by atoms with Crippen molar-refractivity contribution in [3.8, 4) is 0 Å². The normalized spacial score (nSPS) is 20.6. The summed E-state index contributed by atoms with van der Waals surface area (Å²) in [6.45, 7) is 9.41. The molecule has 0 spiro atoms. The van der Waals surface area contributed by atoms with Crippen molar-refractivity contribution in [2.45, 2.75) is 45.8 Å². The molecule has 18 heavy (non-hydrogen) atoms. The smallest absolute Gasteiger partial charge is 0.462 e. The zero-order valence-corrected chi connectivity index (χ0v) is 12.7. The van der Waals surface area contributed by atoms with E-state index in [1.807, 2.05) is 27.7 Å². The first-order chi connectivity index (χ1) is 7.73. The van der Waals surface area contributed by atoms with E-state index < -0.39 is 7.12 Å². The van der Waals surface area contributed by atoms with Gasteiger partial charge in [-0.3, -0.25) is 4.79 Å². The van der Waals surface area contributed by atoms with Gasteiger partial charge in [0.2, 0.25) is 0 Å². The van der Waals surface area contributed by atoms with Gasteiger partial charge in [0.15, 0.2) is 11.5 Å². The molecule has 0 aromatic carbocycles. The first-order valence-corrected chi connectivity index (χ1v) is 5.68. The monoisotopic (exact) mass is 342 g/mol. The average Bonchev–Trinajstić information content (AvgIpc) is 2.70. The van der Waals surface area contributed by atoms with Crippen LogP contribution in [0.1, 0.15) is 45.2 Å². The molecule has 0 N–H and O–H groups in total. The maximum absolute atomic E-state index is 11.2. The van der Waals surface area contributed by atoms with Gasteiger partial charge in [0.1, 0.15) is 0 Å². The zero-order chi connectivity index (χ0) is 12.8. The minimum Gasteiger partial charge on any atom is -0.462 e. The van der Waals surface area contributed by atoms with Crippen LogP contribution in [-0.4, -0.2) is 24.1 Å². The van der Waals surface area contributed by atoms with Crippen molar-refractivity contribution in [1.82, 2.24) is 0 Å². The molecule has 0 amide bonds. The van der Waals surface area contributed by atoms with E-state index in [0.29, 0.717) is 5.76 Å². The van der Waals surface area contributed by atoms with Crippen molar-refractivity contribution in [3.05, 3.63) is 18.1 Å². The molecule has 1 aromatic rings. The molecule has 2 rings (SSSR count). The van der Waals surface area contributed by atoms with E-state index in [9.17, 15) is 4.79 Å². The first kappa shape index (κ1) is 15.7. The van der Waals surface area contributed by atoms with Crippen LogP contribution in [-0.2, 0) is 29.7 Å². The molecule has 1 fully saturated rings. The maximum Gasteiger partial charge on any atom is 0.498 e. The minimum absolute atomic E-state index is 0. The third-order valence-corrected chi connectivity index (χ3v) is 3.49. The van der Waals surface area contributed by atoms with Gasteiger partial charge in [0, 0.05) is 32.8 Å². The Bertz CT molecular complexity index is 437. The zero-order valence-electron chi connectivity index (χ0n) is 11.2. The van der Waals surface area contributed by atoms with Crippen LogP contribution in [0, 0.1) is 0 Å². The molecule has 0 radical (unpaired) electrons. The van der Waals surface area contributed by atoms with Crippen LogP contribution >= 0.6 is 0 Å². The summed E-state index contributed by atoms with van der Waals surface area (Å²) in [7, 11) is -0.475. The van der Waals surface area contributed by atoms with Gasteiger partial charge in [0.25, 0.3) is 0 Å². The summed E-state index contributed by atoms with van der Waals surface area (Å²) in [6, 6.07) is 1.67. The number of ketones is 1. The summed E-state index contributed by atoms with van der Waals surface area (Å²) in [5.74, 6) is 0.225. The second-order valence-corrected chi connectivity index (χ2v) is 5.39. The van der Waals surface area contributed by atoms with Crippen molar-refractivity contribution >= 4 is 18.4 Å². The number of rotatable bonds is 2. The van der Waals surface area contributed by atoms with E-state index in [1.165, 1.54) is 13.2 Å². The molecule has 0 atom stereocenters. The van der Waals surface area contributed by atoms with E-state index in [1.54, 1.807) is 6.07 Å². The summed E-state index contributed by atoms with van der Waals surface area (Å²) in [5, 5.41) is 0. The number of hydrogen-bond acceptors (Lipinski definition) is 4. The van der Waals surface area contributed by atoms with Crippen LogP contribution in [0.3, 0.4) is 0 Å². The second-order valence-electron chi connectivity index (χ2n) is 5.39. The first-order valence-electron chi connectivity index (χ1n) is 5.68. The Kier molecular flexibility index (Phi) is 4.29. The Hall–Kier alpha value is -0.403. The van der Waals surface area contributed by atoms with E-state index in [4.69, 9.17) is 13.7 Å². The molecule has 0 unspecified atom stereocenters. The van der Waals surface area contributed by atoms with Gasteiger partial charge in [0.05, 0.1) is 17.5 Å². The summed E-state index contributed by atoms with van der Waals surface area (Å²) >= 11 is 0. The molecule has 0 aliphatic carbocycles. The Morgan fingerprint density at radius 1 is 1.17 bits per heavy atom. The van der Waals surface area contributed by atoms with Crippen LogP contribution in [0.15, 0.2) is 16.7 Å². The van der Waals surface area contributed by atoms with Crippen molar-refractivity contribution < 1.29 is 38.9 Å². The standard InChI is InChI=1S/C12H17BO4.Pd/c1-8(14)10-6-9(7-15-10)13-16-11(2,3)12(4,5)17-13;/h6-7H,1-5H3;. The van der Waals surface area contributed by atoms with Gasteiger partial charge < -0.3 is 13.7 Å². The third kappa shape index (κ3) is 2.62. The van der Waals surface area contributed by atoms with E-state index in [-0.39, 0.29) is 37.4 Å². The van der Waals surface area contributed by atoms with E-state index in [0.717, 1.165) is 5.46 Å². The van der Waals surface area contributed by atoms with Gasteiger partial charge >= 0.3 is 7.12 Å². The quantitative estimate of drug-likeness (QED) is 0.607. The SMILES string of the molecule is CC(=O)c1cc(B2OC(C)(C)C(C)(C)O2)co1.[Pd]. The van der Waals surface area contributed by atoms with Gasteiger partial charge in [-0.2, -0.15) is 0 Å². The summed E-state index contributed by atoms with van der Waals surface area (Å²) in [5.41, 5.74) is -0.0229. The Morgan fingerprint density at radius 2 is 1.67 bits per heavy atom.